The number of imidazole rings is 1. The zero-order valence-electron chi connectivity index (χ0n) is 51.7. The number of aliphatic hydroxyl groups is 1. The maximum atomic E-state index is 14.8. The average molecular weight is 1250 g/mol. The van der Waals surface area contributed by atoms with Gasteiger partial charge < -0.3 is 84.0 Å². The molecule has 0 radical (unpaired) electrons. The number of para-hydroxylation sites is 1. The van der Waals surface area contributed by atoms with Crippen LogP contribution in [0.5, 0.6) is 5.75 Å². The van der Waals surface area contributed by atoms with E-state index in [1.807, 2.05) is 19.9 Å². The molecule has 0 spiro atoms. The fourth-order valence-corrected chi connectivity index (χ4v) is 10.7. The van der Waals surface area contributed by atoms with Crippen molar-refractivity contribution in [2.75, 3.05) is 26.2 Å². The van der Waals surface area contributed by atoms with Gasteiger partial charge in [0.15, 0.2) is 5.96 Å². The lowest BCUT2D eigenvalue weighted by atomic mass is 9.98. The first kappa shape index (κ1) is 69.7. The molecule has 9 atom stereocenters. The second-order valence-electron chi connectivity index (χ2n) is 23.3. The zero-order valence-corrected chi connectivity index (χ0v) is 51.7. The molecule has 2 aromatic carbocycles. The van der Waals surface area contributed by atoms with Crippen LogP contribution in [0.4, 0.5) is 0 Å². The lowest BCUT2D eigenvalue weighted by Crippen LogP contribution is -2.61. The van der Waals surface area contributed by atoms with Crippen molar-refractivity contribution in [2.24, 2.45) is 28.3 Å². The molecule has 16 N–H and O–H groups in total. The molecule has 10 amide bonds. The van der Waals surface area contributed by atoms with Gasteiger partial charge in [0.2, 0.25) is 59.1 Å². The Morgan fingerprint density at radius 3 is 1.86 bits per heavy atom. The molecule has 2 aliphatic heterocycles. The van der Waals surface area contributed by atoms with Crippen LogP contribution in [-0.2, 0) is 72.0 Å². The second-order valence-corrected chi connectivity index (χ2v) is 23.3. The highest BCUT2D eigenvalue weighted by Crippen LogP contribution is 2.23. The summed E-state index contributed by atoms with van der Waals surface area (Å²) in [5, 5.41) is 35.8. The largest absolute Gasteiger partial charge is 0.427 e. The second kappa shape index (κ2) is 33.8. The van der Waals surface area contributed by atoms with E-state index in [0.29, 0.717) is 47.1 Å². The maximum Gasteiger partial charge on any atom is 0.308 e. The van der Waals surface area contributed by atoms with Gasteiger partial charge in [-0.05, 0) is 93.0 Å². The molecule has 4 aromatic rings. The molecule has 2 saturated heterocycles. The highest BCUT2D eigenvalue weighted by atomic mass is 16.5. The van der Waals surface area contributed by atoms with Gasteiger partial charge in [-0.2, -0.15) is 0 Å². The van der Waals surface area contributed by atoms with E-state index in [-0.39, 0.29) is 106 Å². The predicted octanol–water partition coefficient (Wildman–Crippen LogP) is -1.22. The SMILES string of the molecule is CCNC(=O)[C@@H]1CCCN1C(=O)[C@H](CCCN=C(N)N)NC(=O)[C@H](CC(C)C)NC(=O)[C@@H](CC(C)C)NC(=O)[C@H](Cc1ccc(OC(C)=O)cc1)NC(=O)[C@H](CO)NC(=O)[C@H](Cc1c[nH]c2ccccc12)NC(=O)[C@H](Cc1cnc[nH]1)NC(=O)[C@@H]1CCC(=O)N1. The number of ether oxygens (including phenoxy) is 1. The third-order valence-electron chi connectivity index (χ3n) is 15.2. The normalized spacial score (nSPS) is 16.9. The van der Waals surface area contributed by atoms with Crippen LogP contribution < -0.4 is 64.1 Å². The average Bonchev–Trinajstić information content (AvgIpc) is 1.81. The number of benzene rings is 2. The minimum Gasteiger partial charge on any atom is -0.427 e. The first-order valence-electron chi connectivity index (χ1n) is 30.4. The van der Waals surface area contributed by atoms with E-state index in [4.69, 9.17) is 16.2 Å². The van der Waals surface area contributed by atoms with E-state index >= 15 is 0 Å². The van der Waals surface area contributed by atoms with E-state index in [2.05, 4.69) is 67.8 Å². The van der Waals surface area contributed by atoms with Gasteiger partial charge in [-0.1, -0.05) is 58.0 Å². The summed E-state index contributed by atoms with van der Waals surface area (Å²) in [7, 11) is 0. The van der Waals surface area contributed by atoms with Crippen molar-refractivity contribution >= 4 is 81.9 Å². The van der Waals surface area contributed by atoms with Crippen LogP contribution in [0.15, 0.2) is 72.2 Å². The maximum absolute atomic E-state index is 14.8. The number of H-pyrrole nitrogens is 2. The van der Waals surface area contributed by atoms with E-state index in [0.717, 1.165) is 0 Å². The number of esters is 1. The Balaban J connectivity index is 1.25. The van der Waals surface area contributed by atoms with Crippen LogP contribution in [0.3, 0.4) is 0 Å². The van der Waals surface area contributed by atoms with Crippen molar-refractivity contribution in [1.82, 2.24) is 67.7 Å². The van der Waals surface area contributed by atoms with Crippen molar-refractivity contribution < 1.29 is 62.6 Å². The summed E-state index contributed by atoms with van der Waals surface area (Å²) < 4.78 is 5.20. The molecule has 2 fully saturated rings. The minimum atomic E-state index is -1.77. The lowest BCUT2D eigenvalue weighted by molar-refractivity contribution is -0.142. The van der Waals surface area contributed by atoms with Crippen molar-refractivity contribution in [3.05, 3.63) is 84.1 Å². The van der Waals surface area contributed by atoms with E-state index < -0.39 is 114 Å². The number of likely N-dealkylation sites (tertiary alicyclic amines) is 1. The molecule has 2 aromatic heterocycles. The summed E-state index contributed by atoms with van der Waals surface area (Å²) in [5.74, 6) is -8.01. The molecule has 0 bridgehead atoms. The molecule has 29 heteroatoms. The fraction of sp³-hybridized carbons (Fsp3) is 0.525. The van der Waals surface area contributed by atoms with Crippen molar-refractivity contribution in [1.29, 1.82) is 0 Å². The molecular formula is C61H86N16O13. The number of aliphatic hydroxyl groups excluding tert-OH is 1. The molecule has 2 aliphatic rings. The lowest BCUT2D eigenvalue weighted by Gasteiger charge is -2.31. The highest BCUT2D eigenvalue weighted by Gasteiger charge is 2.40. The first-order chi connectivity index (χ1) is 42.9. The van der Waals surface area contributed by atoms with Gasteiger partial charge in [-0.25, -0.2) is 4.98 Å². The summed E-state index contributed by atoms with van der Waals surface area (Å²) in [6, 6.07) is 1.68. The molecule has 488 valence electrons. The van der Waals surface area contributed by atoms with Crippen LogP contribution in [0, 0.1) is 11.8 Å². The van der Waals surface area contributed by atoms with Gasteiger partial charge in [-0.15, -0.1) is 0 Å². The van der Waals surface area contributed by atoms with Crippen LogP contribution in [0.2, 0.25) is 0 Å². The number of guanidine groups is 1. The number of nitrogens with zero attached hydrogens (tertiary/aromatic N) is 3. The van der Waals surface area contributed by atoms with Crippen LogP contribution in [-0.4, -0.2) is 177 Å². The fourth-order valence-electron chi connectivity index (χ4n) is 10.7. The number of aromatic nitrogens is 3. The summed E-state index contributed by atoms with van der Waals surface area (Å²) in [4.78, 5) is 168. The summed E-state index contributed by atoms with van der Waals surface area (Å²) in [5.41, 5.74) is 13.3. The predicted molar refractivity (Wildman–Crippen MR) is 330 cm³/mol. The van der Waals surface area contributed by atoms with Gasteiger partial charge in [-0.3, -0.25) is 57.7 Å². The van der Waals surface area contributed by atoms with Crippen LogP contribution >= 0.6 is 0 Å². The third-order valence-corrected chi connectivity index (χ3v) is 15.2. The number of likely N-dealkylation sites (N-methyl/N-ethyl adjacent to an activating group) is 1. The third kappa shape index (κ3) is 20.9. The first-order valence-corrected chi connectivity index (χ1v) is 30.4. The quantitative estimate of drug-likeness (QED) is 0.00874. The summed E-state index contributed by atoms with van der Waals surface area (Å²) in [6.45, 7) is 9.98. The summed E-state index contributed by atoms with van der Waals surface area (Å²) in [6.07, 6.45) is 5.68. The zero-order chi connectivity index (χ0) is 65.6. The topological polar surface area (TPSA) is 438 Å². The summed E-state index contributed by atoms with van der Waals surface area (Å²) >= 11 is 0. The Hall–Kier alpha value is -9.41. The number of rotatable bonds is 33. The van der Waals surface area contributed by atoms with Gasteiger partial charge in [0, 0.05) is 81.2 Å². The molecule has 29 nitrogen and oxygen atoms in total. The standard InChI is InChI=1S/C61H86N16O13/c1-7-65-59(88)50-15-11-23-77(50)60(89)43(14-10-22-66-61(62)63)70-53(82)44(24-33(2)3)71-54(83)45(25-34(4)5)72-55(84)46(26-36-16-18-39(19-17-36)90-35(6)79)73-58(87)49(31-78)76-56(85)47(27-37-29-67-41-13-9-8-12-40(37)41)74-57(86)48(28-38-30-64-32-68-38)75-52(81)42-20-21-51(80)69-42/h8-9,12-13,16-19,29-30,32-34,42-50,67,78H,7,10-11,14-15,20-28,31H2,1-6H3,(H,64,68)(H,65,88)(H,69,80)(H,70,82)(H,71,83)(H,72,84)(H,73,87)(H,74,86)(H,75,81)(H,76,85)(H4,62,63,66)/t42-,43-,44-,45+,46-,47-,48-,49-,50-/m0/s1. The smallest absolute Gasteiger partial charge is 0.308 e. The molecule has 90 heavy (non-hydrogen) atoms. The Bertz CT molecular complexity index is 3180. The molecule has 0 unspecified atom stereocenters. The number of nitrogens with two attached hydrogens (primary N) is 2. The Labute approximate surface area is 521 Å². The molecular weight excluding hydrogens is 1160 g/mol. The van der Waals surface area contributed by atoms with E-state index in [9.17, 15) is 57.8 Å². The van der Waals surface area contributed by atoms with E-state index in [1.165, 1.54) is 48.6 Å². The number of carbonyl (C=O) groups excluding carboxylic acids is 11. The number of hydrogen-bond acceptors (Lipinski definition) is 15. The number of aliphatic imine (C=N–C) groups is 1. The number of amides is 10. The van der Waals surface area contributed by atoms with Gasteiger partial charge in [0.05, 0.1) is 12.9 Å². The number of hydrogen-bond donors (Lipinski definition) is 14. The van der Waals surface area contributed by atoms with Crippen molar-refractivity contribution in [2.45, 2.75) is 167 Å². The Kier molecular flexibility index (Phi) is 26.2. The van der Waals surface area contributed by atoms with Gasteiger partial charge >= 0.3 is 5.97 Å². The number of aromatic amines is 2. The number of nitrogens with one attached hydrogen (secondary N) is 11. The van der Waals surface area contributed by atoms with Crippen LogP contribution in [0.1, 0.15) is 110 Å². The Morgan fingerprint density at radius 2 is 1.29 bits per heavy atom. The van der Waals surface area contributed by atoms with E-state index in [1.54, 1.807) is 45.2 Å². The minimum absolute atomic E-state index is 0.0237. The monoisotopic (exact) mass is 1250 g/mol. The van der Waals surface area contributed by atoms with Gasteiger partial charge in [0.25, 0.3) is 0 Å². The molecule has 0 aliphatic carbocycles. The number of carbonyl (C=O) groups is 11. The van der Waals surface area contributed by atoms with Crippen LogP contribution in [0.25, 0.3) is 10.9 Å². The Morgan fingerprint density at radius 1 is 0.711 bits per heavy atom. The molecule has 4 heterocycles. The van der Waals surface area contributed by atoms with Crippen molar-refractivity contribution in [3.8, 4) is 5.75 Å². The number of fused-ring (bicyclic) bond motifs is 1. The van der Waals surface area contributed by atoms with Crippen molar-refractivity contribution in [3.63, 3.8) is 0 Å². The highest BCUT2D eigenvalue weighted by molar-refractivity contribution is 5.99. The molecule has 0 saturated carbocycles. The van der Waals surface area contributed by atoms with Gasteiger partial charge in [0.1, 0.15) is 60.1 Å². The molecule has 6 rings (SSSR count).